The van der Waals surface area contributed by atoms with Crippen LogP contribution in [0.5, 0.6) is 5.75 Å². The van der Waals surface area contributed by atoms with Gasteiger partial charge in [0.25, 0.3) is 0 Å². The fourth-order valence-corrected chi connectivity index (χ4v) is 3.28. The Labute approximate surface area is 134 Å². The fourth-order valence-electron chi connectivity index (χ4n) is 3.11. The zero-order valence-corrected chi connectivity index (χ0v) is 14.5. The summed E-state index contributed by atoms with van der Waals surface area (Å²) in [7, 11) is 0. The highest BCUT2D eigenvalue weighted by atomic mass is 35.5. The maximum absolute atomic E-state index is 6.39. The van der Waals surface area contributed by atoms with Crippen LogP contribution in [0.25, 0.3) is 0 Å². The number of nitrogens with one attached hydrogen (secondary N) is 1. The third-order valence-electron chi connectivity index (χ3n) is 4.78. The number of rotatable bonds is 6. The van der Waals surface area contributed by atoms with Crippen LogP contribution >= 0.6 is 11.6 Å². The van der Waals surface area contributed by atoms with E-state index in [0.29, 0.717) is 6.04 Å². The smallest absolute Gasteiger partial charge is 0.125 e. The van der Waals surface area contributed by atoms with Crippen LogP contribution in [0.4, 0.5) is 0 Å². The summed E-state index contributed by atoms with van der Waals surface area (Å²) in [5, 5.41) is 4.54. The topological polar surface area (TPSA) is 21.3 Å². The first kappa shape index (κ1) is 16.6. The highest BCUT2D eigenvalue weighted by Gasteiger charge is 2.38. The van der Waals surface area contributed by atoms with Gasteiger partial charge < -0.3 is 10.1 Å². The Morgan fingerprint density at radius 2 is 2.00 bits per heavy atom. The van der Waals surface area contributed by atoms with Gasteiger partial charge in [0.1, 0.15) is 11.4 Å². The molecular formula is C18H28ClNO. The number of halogens is 1. The first-order valence-electron chi connectivity index (χ1n) is 8.27. The molecule has 0 fully saturated rings. The maximum atomic E-state index is 6.39. The number of hydrogen-bond acceptors (Lipinski definition) is 2. The van der Waals surface area contributed by atoms with Crippen LogP contribution in [-0.2, 0) is 0 Å². The Morgan fingerprint density at radius 3 is 2.62 bits per heavy atom. The van der Waals surface area contributed by atoms with Crippen LogP contribution in [0.2, 0.25) is 5.02 Å². The summed E-state index contributed by atoms with van der Waals surface area (Å²) in [5.41, 5.74) is 2.27. The minimum Gasteiger partial charge on any atom is -0.487 e. The van der Waals surface area contributed by atoms with Crippen LogP contribution < -0.4 is 10.1 Å². The molecule has 0 aliphatic carbocycles. The third-order valence-corrected chi connectivity index (χ3v) is 5.19. The Bertz CT molecular complexity index is 482. The minimum atomic E-state index is -0.0445. The number of unbranched alkanes of at least 4 members (excludes halogenated alkanes) is 1. The van der Waals surface area contributed by atoms with Crippen molar-refractivity contribution in [1.82, 2.24) is 5.32 Å². The summed E-state index contributed by atoms with van der Waals surface area (Å²) in [6.07, 6.45) is 5.52. The lowest BCUT2D eigenvalue weighted by Crippen LogP contribution is -2.43. The molecule has 2 rings (SSSR count). The van der Waals surface area contributed by atoms with Gasteiger partial charge >= 0.3 is 0 Å². The van der Waals surface area contributed by atoms with Gasteiger partial charge in [0, 0.05) is 23.0 Å². The van der Waals surface area contributed by atoms with E-state index in [9.17, 15) is 0 Å². The van der Waals surface area contributed by atoms with Crippen molar-refractivity contribution in [3.05, 3.63) is 28.3 Å². The Hall–Kier alpha value is -0.730. The van der Waals surface area contributed by atoms with Crippen molar-refractivity contribution in [3.8, 4) is 5.75 Å². The highest BCUT2D eigenvalue weighted by molar-refractivity contribution is 6.31. The van der Waals surface area contributed by atoms with Gasteiger partial charge in [0.2, 0.25) is 0 Å². The molecule has 0 radical (unpaired) electrons. The maximum Gasteiger partial charge on any atom is 0.125 e. The SMILES string of the molecule is CCCCNC1CC(CC)(CC)Oc2cc(C)c(Cl)cc21. The molecular weight excluding hydrogens is 282 g/mol. The van der Waals surface area contributed by atoms with E-state index in [1.54, 1.807) is 0 Å². The summed E-state index contributed by atoms with van der Waals surface area (Å²) in [6.45, 7) is 9.76. The normalized spacial score (nSPS) is 20.0. The van der Waals surface area contributed by atoms with E-state index in [-0.39, 0.29) is 5.60 Å². The molecule has 1 N–H and O–H groups in total. The van der Waals surface area contributed by atoms with E-state index in [4.69, 9.17) is 16.3 Å². The van der Waals surface area contributed by atoms with Gasteiger partial charge in [-0.15, -0.1) is 0 Å². The zero-order valence-electron chi connectivity index (χ0n) is 13.8. The van der Waals surface area contributed by atoms with E-state index < -0.39 is 0 Å². The van der Waals surface area contributed by atoms with Crippen molar-refractivity contribution in [2.45, 2.75) is 71.4 Å². The van der Waals surface area contributed by atoms with E-state index in [0.717, 1.165) is 42.1 Å². The Balaban J connectivity index is 2.33. The zero-order chi connectivity index (χ0) is 15.5. The molecule has 1 unspecified atom stereocenters. The van der Waals surface area contributed by atoms with Gasteiger partial charge in [0.15, 0.2) is 0 Å². The van der Waals surface area contributed by atoms with E-state index in [1.807, 2.05) is 6.92 Å². The van der Waals surface area contributed by atoms with Crippen molar-refractivity contribution < 1.29 is 4.74 Å². The fraction of sp³-hybridized carbons (Fsp3) is 0.667. The van der Waals surface area contributed by atoms with Crippen LogP contribution in [0.3, 0.4) is 0 Å². The van der Waals surface area contributed by atoms with E-state index >= 15 is 0 Å². The number of fused-ring (bicyclic) bond motifs is 1. The molecule has 1 aliphatic rings. The first-order valence-corrected chi connectivity index (χ1v) is 8.65. The van der Waals surface area contributed by atoms with Crippen molar-refractivity contribution in [2.75, 3.05) is 6.54 Å². The molecule has 0 saturated heterocycles. The van der Waals surface area contributed by atoms with Gasteiger partial charge in [-0.25, -0.2) is 0 Å². The Morgan fingerprint density at radius 1 is 1.29 bits per heavy atom. The lowest BCUT2D eigenvalue weighted by atomic mass is 9.83. The predicted octanol–water partition coefficient (Wildman–Crippen LogP) is 5.42. The summed E-state index contributed by atoms with van der Waals surface area (Å²) < 4.78 is 6.39. The summed E-state index contributed by atoms with van der Waals surface area (Å²) in [6, 6.07) is 4.54. The molecule has 118 valence electrons. The van der Waals surface area contributed by atoms with Crippen molar-refractivity contribution in [3.63, 3.8) is 0 Å². The van der Waals surface area contributed by atoms with Crippen molar-refractivity contribution in [2.24, 2.45) is 0 Å². The van der Waals surface area contributed by atoms with Gasteiger partial charge in [0.05, 0.1) is 0 Å². The molecule has 1 aliphatic heterocycles. The second kappa shape index (κ2) is 7.02. The molecule has 0 spiro atoms. The largest absolute Gasteiger partial charge is 0.487 e. The lowest BCUT2D eigenvalue weighted by molar-refractivity contribution is 0.0227. The van der Waals surface area contributed by atoms with E-state index in [2.05, 4.69) is 38.2 Å². The van der Waals surface area contributed by atoms with Gasteiger partial charge in [-0.1, -0.05) is 38.8 Å². The predicted molar refractivity (Wildman–Crippen MR) is 90.4 cm³/mol. The average molecular weight is 310 g/mol. The van der Waals surface area contributed by atoms with Crippen molar-refractivity contribution in [1.29, 1.82) is 0 Å². The lowest BCUT2D eigenvalue weighted by Gasteiger charge is -2.42. The van der Waals surface area contributed by atoms with Gasteiger partial charge in [-0.2, -0.15) is 0 Å². The quantitative estimate of drug-likeness (QED) is 0.708. The van der Waals surface area contributed by atoms with Gasteiger partial charge in [-0.05, 0) is 50.4 Å². The molecule has 0 aromatic heterocycles. The second-order valence-corrected chi connectivity index (χ2v) is 6.60. The molecule has 2 nitrogen and oxygen atoms in total. The van der Waals surface area contributed by atoms with Crippen LogP contribution in [0, 0.1) is 6.92 Å². The summed E-state index contributed by atoms with van der Waals surface area (Å²) >= 11 is 6.33. The number of ether oxygens (including phenoxy) is 1. The molecule has 1 aromatic carbocycles. The Kier molecular flexibility index (Phi) is 5.56. The number of benzene rings is 1. The molecule has 21 heavy (non-hydrogen) atoms. The first-order chi connectivity index (χ1) is 10.0. The third kappa shape index (κ3) is 3.54. The summed E-state index contributed by atoms with van der Waals surface area (Å²) in [4.78, 5) is 0. The molecule has 0 bridgehead atoms. The van der Waals surface area contributed by atoms with Crippen molar-refractivity contribution >= 4 is 11.6 Å². The second-order valence-electron chi connectivity index (χ2n) is 6.20. The molecule has 3 heteroatoms. The molecule has 1 heterocycles. The highest BCUT2D eigenvalue weighted by Crippen LogP contribution is 2.44. The standard InChI is InChI=1S/C18H28ClNO/c1-5-8-9-20-16-12-18(6-2,7-3)21-17-10-13(4)15(19)11-14(16)17/h10-11,16,20H,5-9,12H2,1-4H3. The van der Waals surface area contributed by atoms with Crippen LogP contribution in [-0.4, -0.2) is 12.1 Å². The number of aryl methyl sites for hydroxylation is 1. The average Bonchev–Trinajstić information content (AvgIpc) is 2.49. The molecule has 0 saturated carbocycles. The molecule has 1 aromatic rings. The monoisotopic (exact) mass is 309 g/mol. The van der Waals surface area contributed by atoms with Gasteiger partial charge in [-0.3, -0.25) is 0 Å². The van der Waals surface area contributed by atoms with Crippen LogP contribution in [0.1, 0.15) is 70.0 Å². The van der Waals surface area contributed by atoms with Crippen LogP contribution in [0.15, 0.2) is 12.1 Å². The minimum absolute atomic E-state index is 0.0445. The van der Waals surface area contributed by atoms with E-state index in [1.165, 1.54) is 18.4 Å². The molecule has 1 atom stereocenters. The molecule has 0 amide bonds. The number of hydrogen-bond donors (Lipinski definition) is 1. The summed E-state index contributed by atoms with van der Waals surface area (Å²) in [5.74, 6) is 1.01.